The topological polar surface area (TPSA) is 175 Å². The summed E-state index contributed by atoms with van der Waals surface area (Å²) in [4.78, 5) is 22.5. The average molecular weight is 382 g/mol. The minimum Gasteiger partial charge on any atom is -0.394 e. The van der Waals surface area contributed by atoms with Crippen molar-refractivity contribution in [2.24, 2.45) is 5.73 Å². The number of anilines is 1. The molecule has 2 aromatic rings. The number of fused-ring (bicyclic) bond motifs is 1. The number of nitrogen functional groups attached to an aromatic ring is 1. The molecule has 0 bridgehead atoms. The number of nitrogens with one attached hydrogen (secondary N) is 1. The Morgan fingerprint density at radius 2 is 2.11 bits per heavy atom. The highest BCUT2D eigenvalue weighted by Gasteiger charge is 2.45. The van der Waals surface area contributed by atoms with Gasteiger partial charge in [-0.05, 0) is 19.4 Å². The number of ether oxygens (including phenoxy) is 2. The van der Waals surface area contributed by atoms with Gasteiger partial charge in [-0.25, -0.2) is 4.98 Å². The first kappa shape index (κ1) is 19.7. The quantitative estimate of drug-likeness (QED) is 0.336. The summed E-state index contributed by atoms with van der Waals surface area (Å²) in [6, 6.07) is 0. The third-order valence-electron chi connectivity index (χ3n) is 4.63. The maximum absolute atomic E-state index is 12.0. The summed E-state index contributed by atoms with van der Waals surface area (Å²) < 4.78 is 13.1. The average Bonchev–Trinajstić information content (AvgIpc) is 3.19. The number of imidazole rings is 1. The van der Waals surface area contributed by atoms with Crippen molar-refractivity contribution in [3.63, 3.8) is 0 Å². The number of H-pyrrole nitrogens is 1. The summed E-state index contributed by atoms with van der Waals surface area (Å²) in [6.45, 7) is 0.725. The number of hydrogen-bond acceptors (Lipinski definition) is 9. The van der Waals surface area contributed by atoms with Gasteiger partial charge < -0.3 is 31.2 Å². The Morgan fingerprint density at radius 1 is 1.33 bits per heavy atom. The molecule has 1 unspecified atom stereocenters. The predicted molar refractivity (Wildman–Crippen MR) is 96.8 cm³/mol. The second-order valence-electron chi connectivity index (χ2n) is 6.55. The first-order valence-corrected chi connectivity index (χ1v) is 9.05. The van der Waals surface area contributed by atoms with E-state index in [9.17, 15) is 15.0 Å². The molecule has 27 heavy (non-hydrogen) atoms. The molecule has 0 amide bonds. The smallest absolute Gasteiger partial charge is 0.280 e. The Morgan fingerprint density at radius 3 is 2.85 bits per heavy atom. The van der Waals surface area contributed by atoms with E-state index < -0.39 is 30.1 Å². The van der Waals surface area contributed by atoms with Gasteiger partial charge in [-0.15, -0.1) is 0 Å². The van der Waals surface area contributed by atoms with E-state index in [2.05, 4.69) is 15.0 Å². The van der Waals surface area contributed by atoms with Gasteiger partial charge in [0.25, 0.3) is 5.56 Å². The van der Waals surface area contributed by atoms with E-state index in [0.717, 1.165) is 25.7 Å². The monoisotopic (exact) mass is 382 g/mol. The molecule has 1 fully saturated rings. The van der Waals surface area contributed by atoms with Gasteiger partial charge in [0.2, 0.25) is 5.95 Å². The van der Waals surface area contributed by atoms with Crippen molar-refractivity contribution in [1.29, 1.82) is 0 Å². The Balaban J connectivity index is 1.78. The van der Waals surface area contributed by atoms with Crippen LogP contribution in [0.5, 0.6) is 0 Å². The molecular weight excluding hydrogens is 356 g/mol. The highest BCUT2D eigenvalue weighted by Crippen LogP contribution is 2.33. The maximum Gasteiger partial charge on any atom is 0.280 e. The van der Waals surface area contributed by atoms with Gasteiger partial charge in [-0.1, -0.05) is 12.8 Å². The van der Waals surface area contributed by atoms with Crippen LogP contribution in [0.3, 0.4) is 0 Å². The fourth-order valence-corrected chi connectivity index (χ4v) is 3.22. The first-order chi connectivity index (χ1) is 13.1. The number of aromatic nitrogens is 4. The lowest BCUT2D eigenvalue weighted by molar-refractivity contribution is -0.0711. The Bertz CT molecular complexity index is 808. The van der Waals surface area contributed by atoms with Gasteiger partial charge in [0, 0.05) is 6.61 Å². The second-order valence-corrected chi connectivity index (χ2v) is 6.55. The SMILES string of the molecule is NCCCCCCO[C@H]1C(O)[C@@H](CO)O[C@H]1n1cnc2c(=O)[nH]c(N)nc21. The Kier molecular flexibility index (Phi) is 6.39. The highest BCUT2D eigenvalue weighted by atomic mass is 16.6. The van der Waals surface area contributed by atoms with Crippen molar-refractivity contribution < 1.29 is 19.7 Å². The highest BCUT2D eigenvalue weighted by molar-refractivity contribution is 5.70. The molecule has 3 heterocycles. The lowest BCUT2D eigenvalue weighted by Gasteiger charge is -2.22. The van der Waals surface area contributed by atoms with Crippen molar-refractivity contribution in [2.75, 3.05) is 25.5 Å². The van der Waals surface area contributed by atoms with Crippen molar-refractivity contribution in [2.45, 2.75) is 50.2 Å². The minimum atomic E-state index is -1.03. The van der Waals surface area contributed by atoms with Crippen LogP contribution in [-0.4, -0.2) is 67.8 Å². The largest absolute Gasteiger partial charge is 0.394 e. The van der Waals surface area contributed by atoms with E-state index >= 15 is 0 Å². The third kappa shape index (κ3) is 4.12. The zero-order valence-electron chi connectivity index (χ0n) is 15.0. The normalized spacial score (nSPS) is 25.4. The van der Waals surface area contributed by atoms with Gasteiger partial charge >= 0.3 is 0 Å². The summed E-state index contributed by atoms with van der Waals surface area (Å²) in [5.41, 5.74) is 11.0. The van der Waals surface area contributed by atoms with Crippen LogP contribution in [0, 0.1) is 0 Å². The van der Waals surface area contributed by atoms with Gasteiger partial charge in [0.1, 0.15) is 18.3 Å². The third-order valence-corrected chi connectivity index (χ3v) is 4.63. The number of rotatable bonds is 9. The summed E-state index contributed by atoms with van der Waals surface area (Å²) in [5, 5.41) is 19.9. The van der Waals surface area contributed by atoms with Crippen molar-refractivity contribution in [3.05, 3.63) is 16.7 Å². The molecule has 0 aliphatic carbocycles. The fourth-order valence-electron chi connectivity index (χ4n) is 3.22. The van der Waals surface area contributed by atoms with E-state index in [1.165, 1.54) is 10.9 Å². The van der Waals surface area contributed by atoms with E-state index in [4.69, 9.17) is 20.9 Å². The number of nitrogens with two attached hydrogens (primary N) is 2. The summed E-state index contributed by atoms with van der Waals surface area (Å²) in [6.07, 6.45) is 1.79. The lowest BCUT2D eigenvalue weighted by Crippen LogP contribution is -2.35. The zero-order valence-corrected chi connectivity index (χ0v) is 15.0. The van der Waals surface area contributed by atoms with Crippen LogP contribution >= 0.6 is 0 Å². The zero-order chi connectivity index (χ0) is 19.4. The van der Waals surface area contributed by atoms with Gasteiger partial charge in [0.05, 0.1) is 12.9 Å². The molecule has 3 rings (SSSR count). The first-order valence-electron chi connectivity index (χ1n) is 9.05. The van der Waals surface area contributed by atoms with Gasteiger partial charge in [0.15, 0.2) is 17.4 Å². The van der Waals surface area contributed by atoms with Gasteiger partial charge in [-0.2, -0.15) is 4.98 Å². The molecular formula is C16H26N6O5. The van der Waals surface area contributed by atoms with Crippen LogP contribution < -0.4 is 17.0 Å². The van der Waals surface area contributed by atoms with Crippen LogP contribution in [0.1, 0.15) is 31.9 Å². The summed E-state index contributed by atoms with van der Waals surface area (Å²) in [7, 11) is 0. The lowest BCUT2D eigenvalue weighted by atomic mass is 10.1. The molecule has 1 aliphatic rings. The predicted octanol–water partition coefficient (Wildman–Crippen LogP) is -1.14. The van der Waals surface area contributed by atoms with Crippen molar-refractivity contribution >= 4 is 17.1 Å². The standard InChI is InChI=1S/C16H26N6O5/c17-5-3-1-2-4-6-26-12-11(24)9(7-23)27-15(12)22-8-19-10-13(22)20-16(18)21-14(10)25/h8-9,11-12,15,23-24H,1-7,17H2,(H3,18,20,21,25)/t9-,11?,12+,15-/m1/s1. The molecule has 0 radical (unpaired) electrons. The van der Waals surface area contributed by atoms with Crippen LogP contribution in [0.4, 0.5) is 5.95 Å². The summed E-state index contributed by atoms with van der Waals surface area (Å²) in [5.74, 6) is -0.0520. The number of aliphatic hydroxyl groups is 2. The number of hydrogen-bond donors (Lipinski definition) is 5. The Hall–Kier alpha value is -2.05. The molecule has 7 N–H and O–H groups in total. The number of unbranched alkanes of at least 4 members (excludes halogenated alkanes) is 3. The number of aromatic amines is 1. The van der Waals surface area contributed by atoms with Crippen LogP contribution in [0.2, 0.25) is 0 Å². The van der Waals surface area contributed by atoms with Crippen LogP contribution in [-0.2, 0) is 9.47 Å². The van der Waals surface area contributed by atoms with Crippen LogP contribution in [0.15, 0.2) is 11.1 Å². The van der Waals surface area contributed by atoms with E-state index in [-0.39, 0.29) is 23.7 Å². The van der Waals surface area contributed by atoms with E-state index in [1.54, 1.807) is 0 Å². The molecule has 4 atom stereocenters. The fraction of sp³-hybridized carbons (Fsp3) is 0.688. The summed E-state index contributed by atoms with van der Waals surface area (Å²) >= 11 is 0. The molecule has 2 aromatic heterocycles. The van der Waals surface area contributed by atoms with Crippen molar-refractivity contribution in [1.82, 2.24) is 19.5 Å². The second kappa shape index (κ2) is 8.76. The molecule has 0 spiro atoms. The van der Waals surface area contributed by atoms with Crippen molar-refractivity contribution in [3.8, 4) is 0 Å². The Labute approximate surface area is 155 Å². The molecule has 0 aromatic carbocycles. The molecule has 150 valence electrons. The van der Waals surface area contributed by atoms with E-state index in [1.807, 2.05) is 0 Å². The molecule has 11 heteroatoms. The molecule has 11 nitrogen and oxygen atoms in total. The molecule has 0 saturated carbocycles. The number of aliphatic hydroxyl groups excluding tert-OH is 2. The van der Waals surface area contributed by atoms with Crippen LogP contribution in [0.25, 0.3) is 11.2 Å². The minimum absolute atomic E-state index is 0.0520. The molecule has 1 saturated heterocycles. The molecule has 1 aliphatic heterocycles. The van der Waals surface area contributed by atoms with E-state index in [0.29, 0.717) is 13.2 Å². The number of nitrogens with zero attached hydrogens (tertiary/aromatic N) is 3. The maximum atomic E-state index is 12.0. The van der Waals surface area contributed by atoms with Gasteiger partial charge in [-0.3, -0.25) is 14.3 Å².